The van der Waals surface area contributed by atoms with Gasteiger partial charge in [0.1, 0.15) is 16.4 Å². The van der Waals surface area contributed by atoms with E-state index >= 15 is 4.79 Å². The summed E-state index contributed by atoms with van der Waals surface area (Å²) >= 11 is 6.57. The Morgan fingerprint density at radius 2 is 1.66 bits per heavy atom. The molecule has 0 radical (unpaired) electrons. The van der Waals surface area contributed by atoms with Crippen LogP contribution in [0.4, 0.5) is 5.69 Å². The van der Waals surface area contributed by atoms with E-state index in [9.17, 15) is 13.2 Å². The van der Waals surface area contributed by atoms with Crippen molar-refractivity contribution in [3.8, 4) is 23.0 Å². The summed E-state index contributed by atoms with van der Waals surface area (Å²) in [4.78, 5) is 31.9. The van der Waals surface area contributed by atoms with Crippen LogP contribution in [0.25, 0.3) is 0 Å². The van der Waals surface area contributed by atoms with Gasteiger partial charge in [-0.1, -0.05) is 23.7 Å². The number of hydrogen-bond acceptors (Lipinski definition) is 9. The number of para-hydroxylation sites is 1. The van der Waals surface area contributed by atoms with Gasteiger partial charge in [0.15, 0.2) is 17.0 Å². The maximum absolute atomic E-state index is 15.3. The molecular weight excluding hydrogens is 610 g/mol. The van der Waals surface area contributed by atoms with Crippen molar-refractivity contribution in [1.29, 1.82) is 0 Å². The average Bonchev–Trinajstić information content (AvgIpc) is 3.60. The Morgan fingerprint density at radius 3 is 2.30 bits per heavy atom. The van der Waals surface area contributed by atoms with Gasteiger partial charge in [0.2, 0.25) is 5.91 Å². The molecule has 3 aromatic carbocycles. The predicted octanol–water partition coefficient (Wildman–Crippen LogP) is 3.91. The highest BCUT2D eigenvalue weighted by Crippen LogP contribution is 2.56. The van der Waals surface area contributed by atoms with Crippen LogP contribution >= 0.6 is 11.6 Å². The molecule has 2 heterocycles. The van der Waals surface area contributed by atoms with Crippen LogP contribution < -0.4 is 23.3 Å². The molecule has 2 amide bonds. The second-order valence-corrected chi connectivity index (χ2v) is 12.8. The zero-order chi connectivity index (χ0) is 32.0. The fraction of sp³-hybridized carbons (Fsp3) is 0.355. The number of amides is 2. The summed E-state index contributed by atoms with van der Waals surface area (Å²) in [6, 6.07) is 13.1. The second-order valence-electron chi connectivity index (χ2n) is 10.6. The normalized spacial score (nSPS) is 19.9. The fourth-order valence-electron chi connectivity index (χ4n) is 6.26. The number of likely N-dealkylation sites (N-methyl/N-ethyl adjacent to an activating group) is 1. The van der Waals surface area contributed by atoms with Gasteiger partial charge in [-0.25, -0.2) is 12.7 Å². The Kier molecular flexibility index (Phi) is 8.45. The number of halogens is 1. The van der Waals surface area contributed by atoms with E-state index in [0.29, 0.717) is 36.4 Å². The van der Waals surface area contributed by atoms with Gasteiger partial charge in [-0.15, -0.1) is 0 Å². The molecule has 13 heteroatoms. The lowest BCUT2D eigenvalue weighted by atomic mass is 9.80. The lowest BCUT2D eigenvalue weighted by molar-refractivity contribution is -0.138. The molecule has 0 bridgehead atoms. The van der Waals surface area contributed by atoms with Crippen LogP contribution in [0, 0.1) is 0 Å². The number of likely N-dealkylation sites (tertiary alicyclic amines) is 1. The Hall–Kier alpha value is -4.00. The molecule has 234 valence electrons. The van der Waals surface area contributed by atoms with E-state index in [2.05, 4.69) is 0 Å². The largest absolute Gasteiger partial charge is 0.497 e. The summed E-state index contributed by atoms with van der Waals surface area (Å²) in [5.41, 5.74) is -1.16. The highest BCUT2D eigenvalue weighted by molar-refractivity contribution is 7.93. The molecule has 1 fully saturated rings. The highest BCUT2D eigenvalue weighted by Gasteiger charge is 2.63. The van der Waals surface area contributed by atoms with E-state index in [4.69, 9.17) is 30.5 Å². The summed E-state index contributed by atoms with van der Waals surface area (Å²) in [6.07, 6.45) is 1.04. The Bertz CT molecular complexity index is 1730. The Balaban J connectivity index is 1.88. The van der Waals surface area contributed by atoms with Gasteiger partial charge in [0, 0.05) is 42.9 Å². The summed E-state index contributed by atoms with van der Waals surface area (Å²) in [5.74, 6) is -0.132. The predicted molar refractivity (Wildman–Crippen MR) is 164 cm³/mol. The minimum Gasteiger partial charge on any atom is -0.497 e. The molecule has 2 aliphatic rings. The third-order valence-electron chi connectivity index (χ3n) is 8.15. The molecule has 0 aliphatic carbocycles. The van der Waals surface area contributed by atoms with Crippen molar-refractivity contribution in [1.82, 2.24) is 9.80 Å². The van der Waals surface area contributed by atoms with Gasteiger partial charge in [0.25, 0.3) is 15.9 Å². The summed E-state index contributed by atoms with van der Waals surface area (Å²) < 4.78 is 52.1. The zero-order valence-corrected chi connectivity index (χ0v) is 26.9. The number of nitrogens with zero attached hydrogens (tertiary/aromatic N) is 3. The van der Waals surface area contributed by atoms with E-state index in [1.54, 1.807) is 43.3 Å². The van der Waals surface area contributed by atoms with Gasteiger partial charge in [0.05, 0.1) is 40.2 Å². The SMILES string of the molecule is COc1ccc(S(=O)(=O)N2C(=O)C(c3cccc(OC)c3OC)(N3CCC[C@H]3C(=O)N(C)C)c3cc(Cl)ccc32)c(OC)c1. The van der Waals surface area contributed by atoms with Crippen molar-refractivity contribution < 1.29 is 37.0 Å². The smallest absolute Gasteiger partial charge is 0.274 e. The number of rotatable bonds is 9. The van der Waals surface area contributed by atoms with Gasteiger partial charge in [-0.3, -0.25) is 14.5 Å². The number of methoxy groups -OCH3 is 4. The molecule has 2 aliphatic heterocycles. The van der Waals surface area contributed by atoms with Crippen LogP contribution in [0.1, 0.15) is 24.0 Å². The first kappa shape index (κ1) is 31.4. The molecule has 5 rings (SSSR count). The summed E-state index contributed by atoms with van der Waals surface area (Å²) in [6.45, 7) is 0.308. The molecule has 1 saturated heterocycles. The zero-order valence-electron chi connectivity index (χ0n) is 25.3. The van der Waals surface area contributed by atoms with Crippen LogP contribution in [-0.4, -0.2) is 85.2 Å². The van der Waals surface area contributed by atoms with E-state index in [1.165, 1.54) is 63.7 Å². The number of fused-ring (bicyclic) bond motifs is 1. The number of benzene rings is 3. The number of carbonyl (C=O) groups excluding carboxylic acids is 2. The van der Waals surface area contributed by atoms with Crippen molar-refractivity contribution in [3.63, 3.8) is 0 Å². The monoisotopic (exact) mass is 643 g/mol. The minimum absolute atomic E-state index is 0.00837. The van der Waals surface area contributed by atoms with Gasteiger partial charge < -0.3 is 23.8 Å². The van der Waals surface area contributed by atoms with E-state index in [-0.39, 0.29) is 38.6 Å². The van der Waals surface area contributed by atoms with Crippen molar-refractivity contribution in [3.05, 3.63) is 70.7 Å². The maximum Gasteiger partial charge on any atom is 0.274 e. The number of sulfonamides is 1. The highest BCUT2D eigenvalue weighted by atomic mass is 35.5. The average molecular weight is 644 g/mol. The van der Waals surface area contributed by atoms with Crippen LogP contribution in [0.2, 0.25) is 5.02 Å². The summed E-state index contributed by atoms with van der Waals surface area (Å²) in [7, 11) is 4.37. The lowest BCUT2D eigenvalue weighted by Gasteiger charge is -2.42. The molecule has 3 aromatic rings. The van der Waals surface area contributed by atoms with Crippen LogP contribution in [0.3, 0.4) is 0 Å². The first-order valence-electron chi connectivity index (χ1n) is 13.8. The Labute approximate surface area is 261 Å². The van der Waals surface area contributed by atoms with Crippen LogP contribution in [0.15, 0.2) is 59.5 Å². The van der Waals surface area contributed by atoms with Crippen molar-refractivity contribution >= 4 is 39.1 Å². The van der Waals surface area contributed by atoms with Crippen molar-refractivity contribution in [2.75, 3.05) is 53.4 Å². The first-order chi connectivity index (χ1) is 21.0. The molecule has 0 aromatic heterocycles. The third kappa shape index (κ3) is 4.63. The number of anilines is 1. The van der Waals surface area contributed by atoms with Crippen LogP contribution in [0.5, 0.6) is 23.0 Å². The molecule has 2 atom stereocenters. The number of carbonyl (C=O) groups is 2. The second kappa shape index (κ2) is 11.8. The lowest BCUT2D eigenvalue weighted by Crippen LogP contribution is -2.59. The third-order valence-corrected chi connectivity index (χ3v) is 10.1. The number of ether oxygens (including phenoxy) is 4. The first-order valence-corrected chi connectivity index (χ1v) is 15.6. The maximum atomic E-state index is 15.3. The quantitative estimate of drug-likeness (QED) is 0.342. The van der Waals surface area contributed by atoms with Crippen molar-refractivity contribution in [2.24, 2.45) is 0 Å². The Morgan fingerprint density at radius 1 is 0.932 bits per heavy atom. The van der Waals surface area contributed by atoms with Crippen molar-refractivity contribution in [2.45, 2.75) is 29.3 Å². The van der Waals surface area contributed by atoms with Gasteiger partial charge in [-0.05, 0) is 49.2 Å². The molecule has 11 nitrogen and oxygen atoms in total. The number of hydrogen-bond donors (Lipinski definition) is 0. The fourth-order valence-corrected chi connectivity index (χ4v) is 8.03. The molecule has 0 N–H and O–H groups in total. The molecule has 44 heavy (non-hydrogen) atoms. The summed E-state index contributed by atoms with van der Waals surface area (Å²) in [5, 5.41) is 0.277. The van der Waals surface area contributed by atoms with E-state index < -0.39 is 27.5 Å². The topological polar surface area (TPSA) is 115 Å². The van der Waals surface area contributed by atoms with Crippen LogP contribution in [-0.2, 0) is 25.2 Å². The molecule has 0 spiro atoms. The van der Waals surface area contributed by atoms with Gasteiger partial charge in [-0.2, -0.15) is 0 Å². The van der Waals surface area contributed by atoms with E-state index in [1.807, 2.05) is 0 Å². The standard InChI is InChI=1S/C31H34ClN3O8S/c1-33(2)29(36)24-10-8-16-34(24)31(21-9-7-11-25(41-4)28(21)43-6)22-17-19(32)12-14-23(22)35(30(31)37)44(38,39)27-15-13-20(40-3)18-26(27)42-5/h7,9,11-15,17-18,24H,8,10,16H2,1-6H3/t24-,31?/m0/s1. The van der Waals surface area contributed by atoms with Gasteiger partial charge >= 0.3 is 0 Å². The molecule has 1 unspecified atom stereocenters. The van der Waals surface area contributed by atoms with E-state index in [0.717, 1.165) is 4.31 Å². The molecule has 0 saturated carbocycles. The molecular formula is C31H34ClN3O8S. The minimum atomic E-state index is -4.61.